The molecule has 8 heteroatoms. The maximum absolute atomic E-state index is 11.7. The number of halogens is 1. The number of aromatic nitrogens is 3. The second kappa shape index (κ2) is 6.62. The van der Waals surface area contributed by atoms with Gasteiger partial charge in [0, 0.05) is 15.9 Å². The summed E-state index contributed by atoms with van der Waals surface area (Å²) in [7, 11) is 0. The van der Waals surface area contributed by atoms with Crippen molar-refractivity contribution in [3.8, 4) is 0 Å². The van der Waals surface area contributed by atoms with Gasteiger partial charge < -0.3 is 9.67 Å². The molecule has 1 aromatic heterocycles. The highest BCUT2D eigenvalue weighted by Crippen LogP contribution is 2.28. The molecule has 3 rings (SSSR count). The zero-order valence-corrected chi connectivity index (χ0v) is 15.3. The fraction of sp³-hybridized carbons (Fsp3) is 0.400. The number of hydrogen-bond donors (Lipinski definition) is 1. The highest BCUT2D eigenvalue weighted by molar-refractivity contribution is 9.10. The van der Waals surface area contributed by atoms with Gasteiger partial charge in [0.05, 0.1) is 13.1 Å². The van der Waals surface area contributed by atoms with E-state index in [1.54, 1.807) is 11.8 Å². The maximum Gasteiger partial charge on any atom is 0.322 e. The molecule has 1 aliphatic heterocycles. The number of aryl methyl sites for hydroxylation is 1. The van der Waals surface area contributed by atoms with Crippen LogP contribution in [0.15, 0.2) is 27.6 Å². The Labute approximate surface area is 147 Å². The predicted octanol–water partition coefficient (Wildman–Crippen LogP) is 2.54. The molecule has 0 saturated carbocycles. The van der Waals surface area contributed by atoms with E-state index in [1.807, 2.05) is 34.8 Å². The summed E-state index contributed by atoms with van der Waals surface area (Å²) in [6, 6.07) is 5.52. The van der Waals surface area contributed by atoms with E-state index in [4.69, 9.17) is 0 Å². The Morgan fingerprint density at radius 2 is 2.26 bits per heavy atom. The second-order valence-electron chi connectivity index (χ2n) is 5.49. The number of rotatable bonds is 4. The molecular weight excluding hydrogens is 380 g/mol. The van der Waals surface area contributed by atoms with Crippen LogP contribution in [0.25, 0.3) is 0 Å². The Hall–Kier alpha value is -1.38. The van der Waals surface area contributed by atoms with Gasteiger partial charge in [-0.05, 0) is 30.9 Å². The van der Waals surface area contributed by atoms with Crippen molar-refractivity contribution in [1.29, 1.82) is 0 Å². The lowest BCUT2D eigenvalue weighted by atomic mass is 10.1. The van der Waals surface area contributed by atoms with E-state index in [1.165, 1.54) is 0 Å². The lowest BCUT2D eigenvalue weighted by Gasteiger charge is -2.33. The van der Waals surface area contributed by atoms with Gasteiger partial charge >= 0.3 is 5.97 Å². The molecule has 1 N–H and O–H groups in total. The van der Waals surface area contributed by atoms with Gasteiger partial charge in [0.1, 0.15) is 17.7 Å². The number of hydrogen-bond acceptors (Lipinski definition) is 5. The van der Waals surface area contributed by atoms with Crippen molar-refractivity contribution in [3.63, 3.8) is 0 Å². The molecule has 1 aliphatic rings. The number of nitrogens with zero attached hydrogens (tertiary/aromatic N) is 4. The fourth-order valence-electron chi connectivity index (χ4n) is 2.83. The van der Waals surface area contributed by atoms with Gasteiger partial charge in [-0.1, -0.05) is 22.0 Å². The minimum absolute atomic E-state index is 0.384. The quantitative estimate of drug-likeness (QED) is 0.800. The summed E-state index contributed by atoms with van der Waals surface area (Å²) in [5.41, 5.74) is 1.12. The third-order valence-corrected chi connectivity index (χ3v) is 5.37. The van der Waals surface area contributed by atoms with E-state index < -0.39 is 12.0 Å². The van der Waals surface area contributed by atoms with Crippen molar-refractivity contribution < 1.29 is 9.90 Å². The van der Waals surface area contributed by atoms with Gasteiger partial charge in [0.2, 0.25) is 0 Å². The average Bonchev–Trinajstić information content (AvgIpc) is 2.88. The van der Waals surface area contributed by atoms with Crippen molar-refractivity contribution in [2.24, 2.45) is 0 Å². The molecule has 122 valence electrons. The zero-order chi connectivity index (χ0) is 16.6. The minimum atomic E-state index is -0.813. The van der Waals surface area contributed by atoms with Crippen LogP contribution in [0.5, 0.6) is 0 Å². The van der Waals surface area contributed by atoms with Crippen molar-refractivity contribution in [2.45, 2.75) is 37.5 Å². The van der Waals surface area contributed by atoms with Crippen LogP contribution >= 0.6 is 27.7 Å². The SMILES string of the molecule is CSc1cc(Br)ccc1CN1Cc2nnc(C)n2CC1C(=O)O. The highest BCUT2D eigenvalue weighted by Gasteiger charge is 2.33. The Morgan fingerprint density at radius 1 is 1.48 bits per heavy atom. The Bertz CT molecular complexity index is 749. The van der Waals surface area contributed by atoms with Gasteiger partial charge in [-0.2, -0.15) is 0 Å². The first-order chi connectivity index (χ1) is 11.0. The molecule has 2 aromatic rings. The third-order valence-electron chi connectivity index (χ3n) is 4.06. The molecule has 0 spiro atoms. The van der Waals surface area contributed by atoms with Gasteiger partial charge in [-0.3, -0.25) is 9.69 Å². The van der Waals surface area contributed by atoms with Crippen molar-refractivity contribution in [1.82, 2.24) is 19.7 Å². The van der Waals surface area contributed by atoms with Crippen LogP contribution in [-0.2, 0) is 24.4 Å². The van der Waals surface area contributed by atoms with E-state index in [2.05, 4.69) is 32.2 Å². The smallest absolute Gasteiger partial charge is 0.322 e. The number of fused-ring (bicyclic) bond motifs is 1. The summed E-state index contributed by atoms with van der Waals surface area (Å²) in [5.74, 6) is 0.772. The molecule has 1 unspecified atom stereocenters. The van der Waals surface area contributed by atoms with E-state index in [0.717, 1.165) is 26.6 Å². The number of thioether (sulfide) groups is 1. The minimum Gasteiger partial charge on any atom is -0.480 e. The fourth-order valence-corrected chi connectivity index (χ4v) is 3.98. The van der Waals surface area contributed by atoms with Crippen LogP contribution in [0, 0.1) is 6.92 Å². The number of carboxylic acid groups (broad SMARTS) is 1. The molecule has 1 atom stereocenters. The summed E-state index contributed by atoms with van der Waals surface area (Å²) in [4.78, 5) is 14.8. The summed E-state index contributed by atoms with van der Waals surface area (Å²) in [6.45, 7) is 3.30. The number of carbonyl (C=O) groups is 1. The molecule has 6 nitrogen and oxygen atoms in total. The summed E-state index contributed by atoms with van der Waals surface area (Å²) in [5, 5.41) is 17.8. The monoisotopic (exact) mass is 396 g/mol. The van der Waals surface area contributed by atoms with E-state index in [0.29, 0.717) is 19.6 Å². The topological polar surface area (TPSA) is 71.2 Å². The molecule has 0 amide bonds. The molecule has 0 aliphatic carbocycles. The molecule has 2 heterocycles. The highest BCUT2D eigenvalue weighted by atomic mass is 79.9. The van der Waals surface area contributed by atoms with E-state index in [-0.39, 0.29) is 0 Å². The van der Waals surface area contributed by atoms with Crippen LogP contribution in [0.4, 0.5) is 0 Å². The molecule has 0 fully saturated rings. The van der Waals surface area contributed by atoms with Crippen LogP contribution in [0.2, 0.25) is 0 Å². The third kappa shape index (κ3) is 3.29. The first-order valence-corrected chi connectivity index (χ1v) is 9.19. The van der Waals surface area contributed by atoms with Crippen LogP contribution in [-0.4, -0.2) is 43.0 Å². The lowest BCUT2D eigenvalue weighted by molar-refractivity contribution is -0.145. The molecular formula is C15H17BrN4O2S. The lowest BCUT2D eigenvalue weighted by Crippen LogP contribution is -2.47. The number of carboxylic acids is 1. The molecule has 0 saturated heterocycles. The van der Waals surface area contributed by atoms with Gasteiger partial charge in [0.15, 0.2) is 0 Å². The molecule has 1 aromatic carbocycles. The second-order valence-corrected chi connectivity index (χ2v) is 7.25. The number of aliphatic carboxylic acids is 1. The largest absolute Gasteiger partial charge is 0.480 e. The van der Waals surface area contributed by atoms with Crippen LogP contribution in [0.3, 0.4) is 0 Å². The van der Waals surface area contributed by atoms with Gasteiger partial charge in [-0.15, -0.1) is 22.0 Å². The Morgan fingerprint density at radius 3 is 2.96 bits per heavy atom. The maximum atomic E-state index is 11.7. The van der Waals surface area contributed by atoms with E-state index in [9.17, 15) is 9.90 Å². The van der Waals surface area contributed by atoms with Crippen molar-refractivity contribution in [2.75, 3.05) is 6.26 Å². The first kappa shape index (κ1) is 16.5. The molecule has 23 heavy (non-hydrogen) atoms. The van der Waals surface area contributed by atoms with Crippen LogP contribution < -0.4 is 0 Å². The molecule has 0 radical (unpaired) electrons. The van der Waals surface area contributed by atoms with Gasteiger partial charge in [-0.25, -0.2) is 0 Å². The normalized spacial score (nSPS) is 18.0. The standard InChI is InChI=1S/C15H17BrN4O2S/c1-9-17-18-14-8-19(12(15(21)22)7-20(9)14)6-10-3-4-11(16)5-13(10)23-2/h3-5,12H,6-8H2,1-2H3,(H,21,22). The Kier molecular flexibility index (Phi) is 4.74. The zero-order valence-electron chi connectivity index (χ0n) is 12.9. The number of benzene rings is 1. The van der Waals surface area contributed by atoms with Gasteiger partial charge in [0.25, 0.3) is 0 Å². The van der Waals surface area contributed by atoms with Crippen molar-refractivity contribution in [3.05, 3.63) is 39.9 Å². The first-order valence-electron chi connectivity index (χ1n) is 7.17. The predicted molar refractivity (Wildman–Crippen MR) is 91.4 cm³/mol. The van der Waals surface area contributed by atoms with Crippen molar-refractivity contribution >= 4 is 33.7 Å². The average molecular weight is 397 g/mol. The van der Waals surface area contributed by atoms with E-state index >= 15 is 0 Å². The molecule has 0 bridgehead atoms. The van der Waals surface area contributed by atoms with Crippen LogP contribution in [0.1, 0.15) is 17.2 Å². The summed E-state index contributed by atoms with van der Waals surface area (Å²) < 4.78 is 2.92. The Balaban J connectivity index is 1.90. The summed E-state index contributed by atoms with van der Waals surface area (Å²) in [6.07, 6.45) is 2.02. The summed E-state index contributed by atoms with van der Waals surface area (Å²) >= 11 is 5.14.